The molecule has 5 N–H and O–H groups in total. The van der Waals surface area contributed by atoms with Gasteiger partial charge in [0.1, 0.15) is 29.2 Å². The van der Waals surface area contributed by atoms with Crippen LogP contribution < -0.4 is 26.3 Å². The number of nitrogens with zero attached hydrogens (tertiary/aromatic N) is 9. The number of benzene rings is 2. The van der Waals surface area contributed by atoms with Crippen LogP contribution in [0.4, 0.5) is 17.6 Å². The second-order valence-corrected chi connectivity index (χ2v) is 11.0. The number of nitrogen functional groups attached to an aromatic ring is 2. The SMILES string of the molecule is COc1ccc(C=O)cc1-c1nn(C)c2nc(N)ncc12.COc1ccc(NCCCN(C)C)cc1-c1nn(C)c2nc(N)ncc12. The number of nitrogens with two attached hydrogens (primary N) is 2. The summed E-state index contributed by atoms with van der Waals surface area (Å²) in [6.07, 6.45) is 5.17. The summed E-state index contributed by atoms with van der Waals surface area (Å²) in [6.45, 7) is 1.94. The van der Waals surface area contributed by atoms with Crippen molar-refractivity contribution in [1.82, 2.24) is 44.4 Å². The summed E-state index contributed by atoms with van der Waals surface area (Å²) in [6, 6.07) is 11.2. The van der Waals surface area contributed by atoms with Gasteiger partial charge in [-0.3, -0.25) is 4.79 Å². The summed E-state index contributed by atoms with van der Waals surface area (Å²) < 4.78 is 14.2. The third-order valence-corrected chi connectivity index (χ3v) is 7.38. The van der Waals surface area contributed by atoms with Gasteiger partial charge < -0.3 is 31.2 Å². The fraction of sp³-hybridized carbons (Fsp3) is 0.281. The molecule has 0 unspecified atom stereocenters. The van der Waals surface area contributed by atoms with Gasteiger partial charge in [-0.1, -0.05) is 0 Å². The number of anilines is 3. The summed E-state index contributed by atoms with van der Waals surface area (Å²) in [5, 5.41) is 14.1. The largest absolute Gasteiger partial charge is 0.496 e. The first-order chi connectivity index (χ1) is 22.6. The van der Waals surface area contributed by atoms with E-state index in [1.807, 2.05) is 25.2 Å². The molecule has 6 rings (SSSR count). The first-order valence-electron chi connectivity index (χ1n) is 14.7. The Morgan fingerprint density at radius 1 is 0.830 bits per heavy atom. The van der Waals surface area contributed by atoms with Crippen LogP contribution in [0.15, 0.2) is 48.8 Å². The minimum absolute atomic E-state index is 0.186. The topological polar surface area (TPSA) is 190 Å². The molecule has 47 heavy (non-hydrogen) atoms. The monoisotopic (exact) mass is 638 g/mol. The van der Waals surface area contributed by atoms with E-state index in [1.54, 1.807) is 61.2 Å². The molecule has 6 aromatic rings. The van der Waals surface area contributed by atoms with Crippen molar-refractivity contribution in [2.24, 2.45) is 14.1 Å². The third-order valence-electron chi connectivity index (χ3n) is 7.38. The lowest BCUT2D eigenvalue weighted by atomic mass is 10.1. The zero-order chi connectivity index (χ0) is 33.7. The zero-order valence-electron chi connectivity index (χ0n) is 27.2. The number of ether oxygens (including phenoxy) is 2. The molecule has 0 amide bonds. The van der Waals surface area contributed by atoms with Gasteiger partial charge in [0.25, 0.3) is 0 Å². The number of nitrogens with one attached hydrogen (secondary N) is 1. The van der Waals surface area contributed by atoms with Crippen LogP contribution in [0.5, 0.6) is 11.5 Å². The van der Waals surface area contributed by atoms with Crippen molar-refractivity contribution in [2.45, 2.75) is 6.42 Å². The van der Waals surface area contributed by atoms with Gasteiger partial charge in [-0.2, -0.15) is 20.2 Å². The number of carbonyl (C=O) groups is 1. The smallest absolute Gasteiger partial charge is 0.222 e. The van der Waals surface area contributed by atoms with Gasteiger partial charge in [-0.15, -0.1) is 0 Å². The van der Waals surface area contributed by atoms with Crippen LogP contribution in [0.25, 0.3) is 44.6 Å². The summed E-state index contributed by atoms with van der Waals surface area (Å²) in [4.78, 5) is 29.7. The van der Waals surface area contributed by atoms with Crippen LogP contribution in [0.1, 0.15) is 16.8 Å². The van der Waals surface area contributed by atoms with Crippen LogP contribution in [0, 0.1) is 0 Å². The average Bonchev–Trinajstić information content (AvgIpc) is 3.57. The minimum atomic E-state index is 0.186. The highest BCUT2D eigenvalue weighted by Crippen LogP contribution is 2.36. The third kappa shape index (κ3) is 7.04. The molecule has 0 fully saturated rings. The van der Waals surface area contributed by atoms with Crippen LogP contribution >= 0.6 is 0 Å². The molecule has 0 aliphatic rings. The van der Waals surface area contributed by atoms with E-state index in [0.29, 0.717) is 33.9 Å². The number of methoxy groups -OCH3 is 2. The molecule has 2 aromatic carbocycles. The van der Waals surface area contributed by atoms with Crippen LogP contribution in [0.3, 0.4) is 0 Å². The van der Waals surface area contributed by atoms with Crippen molar-refractivity contribution in [3.05, 3.63) is 54.4 Å². The molecule has 0 saturated heterocycles. The van der Waals surface area contributed by atoms with Crippen molar-refractivity contribution >= 4 is 45.9 Å². The molecular weight excluding hydrogens is 600 g/mol. The molecule has 15 nitrogen and oxygen atoms in total. The predicted octanol–water partition coefficient (Wildman–Crippen LogP) is 3.42. The molecule has 0 bridgehead atoms. The van der Waals surface area contributed by atoms with Crippen molar-refractivity contribution in [1.29, 1.82) is 0 Å². The maximum absolute atomic E-state index is 11.0. The lowest BCUT2D eigenvalue weighted by Gasteiger charge is -2.13. The van der Waals surface area contributed by atoms with Gasteiger partial charge >= 0.3 is 0 Å². The van der Waals surface area contributed by atoms with Crippen molar-refractivity contribution in [2.75, 3.05) is 58.2 Å². The van der Waals surface area contributed by atoms with E-state index in [2.05, 4.69) is 54.4 Å². The number of rotatable bonds is 10. The molecule has 244 valence electrons. The maximum Gasteiger partial charge on any atom is 0.222 e. The van der Waals surface area contributed by atoms with E-state index in [1.165, 1.54) is 0 Å². The summed E-state index contributed by atoms with van der Waals surface area (Å²) in [5.74, 6) is 1.79. The molecule has 0 saturated carbocycles. The lowest BCUT2D eigenvalue weighted by Crippen LogP contribution is -2.16. The second kappa shape index (κ2) is 14.1. The Morgan fingerprint density at radius 2 is 1.36 bits per heavy atom. The molecule has 0 radical (unpaired) electrons. The fourth-order valence-electron chi connectivity index (χ4n) is 5.11. The van der Waals surface area contributed by atoms with Gasteiger partial charge in [-0.05, 0) is 63.5 Å². The summed E-state index contributed by atoms with van der Waals surface area (Å²) in [7, 11) is 11.0. The molecule has 15 heteroatoms. The normalized spacial score (nSPS) is 11.0. The van der Waals surface area contributed by atoms with Gasteiger partial charge in [0, 0.05) is 55.4 Å². The number of hydrogen-bond acceptors (Lipinski definition) is 13. The molecule has 0 aliphatic carbocycles. The fourth-order valence-corrected chi connectivity index (χ4v) is 5.11. The molecule has 0 aliphatic heterocycles. The first-order valence-corrected chi connectivity index (χ1v) is 14.7. The quantitative estimate of drug-likeness (QED) is 0.146. The van der Waals surface area contributed by atoms with E-state index in [0.717, 1.165) is 59.3 Å². The Kier molecular flexibility index (Phi) is 9.75. The molecular formula is C32H38N12O3. The van der Waals surface area contributed by atoms with Crippen molar-refractivity contribution in [3.63, 3.8) is 0 Å². The van der Waals surface area contributed by atoms with E-state index < -0.39 is 0 Å². The standard InChI is InChI=1S/C18H25N7O.C14H13N5O2/c1-24(2)9-5-8-20-12-6-7-15(26-4)13(10-12)16-14-11-21-18(19)22-17(14)25(3)23-16;1-19-13-10(6-16-14(15)17-13)12(18-19)9-5-8(7-20)3-4-11(9)21-2/h6-7,10-11,20H,5,8-9H2,1-4H3,(H2,19,21,22);3-7H,1-2H3,(H2,15,16,17). The van der Waals surface area contributed by atoms with Gasteiger partial charge in [0.15, 0.2) is 11.3 Å². The number of fused-ring (bicyclic) bond motifs is 2. The highest BCUT2D eigenvalue weighted by atomic mass is 16.5. The van der Waals surface area contributed by atoms with Gasteiger partial charge in [0.05, 0.1) is 25.0 Å². The Balaban J connectivity index is 0.000000189. The predicted molar refractivity (Wildman–Crippen MR) is 182 cm³/mol. The zero-order valence-corrected chi connectivity index (χ0v) is 27.2. The highest BCUT2D eigenvalue weighted by molar-refractivity contribution is 5.95. The molecule has 4 heterocycles. The number of hydrogen-bond donors (Lipinski definition) is 3. The van der Waals surface area contributed by atoms with Crippen molar-refractivity contribution in [3.8, 4) is 34.0 Å². The second-order valence-electron chi connectivity index (χ2n) is 11.0. The van der Waals surface area contributed by atoms with Crippen LogP contribution in [-0.2, 0) is 14.1 Å². The van der Waals surface area contributed by atoms with E-state index in [4.69, 9.17) is 20.9 Å². The first kappa shape index (κ1) is 32.6. The van der Waals surface area contributed by atoms with Crippen molar-refractivity contribution < 1.29 is 14.3 Å². The highest BCUT2D eigenvalue weighted by Gasteiger charge is 2.18. The van der Waals surface area contributed by atoms with Crippen LogP contribution in [-0.4, -0.2) is 92.1 Å². The number of aryl methyl sites for hydroxylation is 2. The number of aromatic nitrogens is 8. The summed E-state index contributed by atoms with van der Waals surface area (Å²) >= 11 is 0. The Hall–Kier alpha value is -5.83. The van der Waals surface area contributed by atoms with E-state index in [-0.39, 0.29) is 11.9 Å². The van der Waals surface area contributed by atoms with E-state index in [9.17, 15) is 4.79 Å². The maximum atomic E-state index is 11.0. The van der Waals surface area contributed by atoms with Gasteiger partial charge in [0.2, 0.25) is 11.9 Å². The van der Waals surface area contributed by atoms with Gasteiger partial charge in [-0.25, -0.2) is 19.3 Å². The van der Waals surface area contributed by atoms with E-state index >= 15 is 0 Å². The molecule has 4 aromatic heterocycles. The lowest BCUT2D eigenvalue weighted by molar-refractivity contribution is 0.112. The minimum Gasteiger partial charge on any atom is -0.496 e. The molecule has 0 atom stereocenters. The Bertz CT molecular complexity index is 2040. The van der Waals surface area contributed by atoms with Crippen LogP contribution in [0.2, 0.25) is 0 Å². The Morgan fingerprint density at radius 3 is 1.87 bits per heavy atom. The number of carbonyl (C=O) groups excluding carboxylic acids is 1. The number of aldehydes is 1. The summed E-state index contributed by atoms with van der Waals surface area (Å²) in [5.41, 5.74) is 17.2. The Labute approximate surface area is 271 Å². The average molecular weight is 639 g/mol. The molecule has 0 spiro atoms.